The van der Waals surface area contributed by atoms with E-state index in [0.29, 0.717) is 12.0 Å². The second-order valence-electron chi connectivity index (χ2n) is 4.67. The standard InChI is InChI=1S/C12H23N3O/c1-5-10(4)8-12-15-14-11(16-12)6-7-13-9(2)3/h9-10,13H,5-8H2,1-4H3. The van der Waals surface area contributed by atoms with Crippen LogP contribution in [0, 0.1) is 5.92 Å². The van der Waals surface area contributed by atoms with Crippen LogP contribution >= 0.6 is 0 Å². The van der Waals surface area contributed by atoms with Crippen molar-refractivity contribution in [3.8, 4) is 0 Å². The quantitative estimate of drug-likeness (QED) is 0.773. The van der Waals surface area contributed by atoms with E-state index in [-0.39, 0.29) is 0 Å². The Morgan fingerprint density at radius 1 is 1.19 bits per heavy atom. The molecule has 1 aromatic rings. The lowest BCUT2D eigenvalue weighted by molar-refractivity contribution is 0.407. The summed E-state index contributed by atoms with van der Waals surface area (Å²) in [4.78, 5) is 0. The van der Waals surface area contributed by atoms with Gasteiger partial charge in [-0.05, 0) is 5.92 Å². The summed E-state index contributed by atoms with van der Waals surface area (Å²) in [5.74, 6) is 2.13. The summed E-state index contributed by atoms with van der Waals surface area (Å²) in [5.41, 5.74) is 0. The van der Waals surface area contributed by atoms with Gasteiger partial charge in [-0.3, -0.25) is 0 Å². The molecule has 0 bridgehead atoms. The third-order valence-corrected chi connectivity index (χ3v) is 2.62. The first-order chi connectivity index (χ1) is 7.61. The van der Waals surface area contributed by atoms with Crippen LogP contribution in [0.5, 0.6) is 0 Å². The summed E-state index contributed by atoms with van der Waals surface area (Å²) in [7, 11) is 0. The van der Waals surface area contributed by atoms with Gasteiger partial charge in [-0.25, -0.2) is 0 Å². The lowest BCUT2D eigenvalue weighted by Crippen LogP contribution is -2.25. The van der Waals surface area contributed by atoms with Crippen LogP contribution in [0.2, 0.25) is 0 Å². The number of nitrogens with zero attached hydrogens (tertiary/aromatic N) is 2. The molecule has 0 aliphatic heterocycles. The zero-order valence-electron chi connectivity index (χ0n) is 10.8. The molecule has 0 fully saturated rings. The number of hydrogen-bond donors (Lipinski definition) is 1. The van der Waals surface area contributed by atoms with E-state index in [1.165, 1.54) is 0 Å². The molecule has 1 rings (SSSR count). The van der Waals surface area contributed by atoms with Gasteiger partial charge in [-0.2, -0.15) is 0 Å². The van der Waals surface area contributed by atoms with Crippen LogP contribution in [0.3, 0.4) is 0 Å². The van der Waals surface area contributed by atoms with E-state index in [4.69, 9.17) is 4.42 Å². The average molecular weight is 225 g/mol. The second kappa shape index (κ2) is 6.63. The zero-order chi connectivity index (χ0) is 12.0. The van der Waals surface area contributed by atoms with E-state index in [1.54, 1.807) is 0 Å². The van der Waals surface area contributed by atoms with E-state index in [0.717, 1.165) is 37.6 Å². The molecule has 1 unspecified atom stereocenters. The van der Waals surface area contributed by atoms with Crippen LogP contribution in [0.15, 0.2) is 4.42 Å². The van der Waals surface area contributed by atoms with Crippen LogP contribution in [0.1, 0.15) is 45.9 Å². The number of nitrogens with one attached hydrogen (secondary N) is 1. The van der Waals surface area contributed by atoms with Gasteiger partial charge in [0.05, 0.1) is 0 Å². The van der Waals surface area contributed by atoms with Crippen LogP contribution in [0.25, 0.3) is 0 Å². The maximum Gasteiger partial charge on any atom is 0.217 e. The van der Waals surface area contributed by atoms with Crippen molar-refractivity contribution in [2.45, 2.75) is 53.0 Å². The highest BCUT2D eigenvalue weighted by Crippen LogP contribution is 2.10. The van der Waals surface area contributed by atoms with Crippen LogP contribution in [-0.4, -0.2) is 22.8 Å². The van der Waals surface area contributed by atoms with Crippen molar-refractivity contribution in [2.75, 3.05) is 6.54 Å². The molecule has 0 aliphatic carbocycles. The van der Waals surface area contributed by atoms with Crippen molar-refractivity contribution in [2.24, 2.45) is 5.92 Å². The van der Waals surface area contributed by atoms with E-state index in [1.807, 2.05) is 0 Å². The first kappa shape index (κ1) is 13.2. The first-order valence-corrected chi connectivity index (χ1v) is 6.16. The predicted octanol–water partition coefficient (Wildman–Crippen LogP) is 2.20. The Hall–Kier alpha value is -0.900. The summed E-state index contributed by atoms with van der Waals surface area (Å²) in [5, 5.41) is 11.4. The van der Waals surface area contributed by atoms with Gasteiger partial charge in [0.2, 0.25) is 11.8 Å². The largest absolute Gasteiger partial charge is 0.425 e. The smallest absolute Gasteiger partial charge is 0.217 e. The predicted molar refractivity (Wildman–Crippen MR) is 64.3 cm³/mol. The van der Waals surface area contributed by atoms with E-state index < -0.39 is 0 Å². The number of rotatable bonds is 7. The highest BCUT2D eigenvalue weighted by molar-refractivity contribution is 4.84. The van der Waals surface area contributed by atoms with Crippen LogP contribution in [0.4, 0.5) is 0 Å². The number of aromatic nitrogens is 2. The van der Waals surface area contributed by atoms with Gasteiger partial charge in [0.25, 0.3) is 0 Å². The van der Waals surface area contributed by atoms with Crippen LogP contribution < -0.4 is 5.32 Å². The van der Waals surface area contributed by atoms with Gasteiger partial charge in [0.1, 0.15) is 0 Å². The van der Waals surface area contributed by atoms with Crippen molar-refractivity contribution in [3.05, 3.63) is 11.8 Å². The summed E-state index contributed by atoms with van der Waals surface area (Å²) >= 11 is 0. The first-order valence-electron chi connectivity index (χ1n) is 6.16. The Kier molecular flexibility index (Phi) is 5.46. The summed E-state index contributed by atoms with van der Waals surface area (Å²) in [6, 6.07) is 0.502. The van der Waals surface area contributed by atoms with Crippen molar-refractivity contribution in [1.82, 2.24) is 15.5 Å². The molecule has 4 nitrogen and oxygen atoms in total. The Labute approximate surface area is 97.8 Å². The Morgan fingerprint density at radius 3 is 2.50 bits per heavy atom. The Bertz CT molecular complexity index is 296. The minimum atomic E-state index is 0.502. The molecule has 92 valence electrons. The van der Waals surface area contributed by atoms with Gasteiger partial charge in [-0.1, -0.05) is 34.1 Å². The lowest BCUT2D eigenvalue weighted by Gasteiger charge is -2.05. The fraction of sp³-hybridized carbons (Fsp3) is 0.833. The molecule has 0 saturated heterocycles. The van der Waals surface area contributed by atoms with E-state index in [9.17, 15) is 0 Å². The minimum absolute atomic E-state index is 0.502. The molecule has 1 atom stereocenters. The van der Waals surface area contributed by atoms with Crippen molar-refractivity contribution < 1.29 is 4.42 Å². The third-order valence-electron chi connectivity index (χ3n) is 2.62. The topological polar surface area (TPSA) is 51.0 Å². The summed E-state index contributed by atoms with van der Waals surface area (Å²) < 4.78 is 5.58. The van der Waals surface area contributed by atoms with Gasteiger partial charge in [-0.15, -0.1) is 10.2 Å². The second-order valence-corrected chi connectivity index (χ2v) is 4.67. The van der Waals surface area contributed by atoms with Gasteiger partial charge in [0, 0.05) is 25.4 Å². The average Bonchev–Trinajstić information content (AvgIpc) is 2.65. The molecule has 0 amide bonds. The van der Waals surface area contributed by atoms with Gasteiger partial charge >= 0.3 is 0 Å². The zero-order valence-corrected chi connectivity index (χ0v) is 10.8. The van der Waals surface area contributed by atoms with Crippen LogP contribution in [-0.2, 0) is 12.8 Å². The van der Waals surface area contributed by atoms with Gasteiger partial charge < -0.3 is 9.73 Å². The highest BCUT2D eigenvalue weighted by Gasteiger charge is 2.09. The molecule has 0 aromatic carbocycles. The maximum atomic E-state index is 5.58. The molecule has 0 saturated carbocycles. The molecular formula is C12H23N3O. The number of hydrogen-bond acceptors (Lipinski definition) is 4. The normalized spacial score (nSPS) is 13.3. The summed E-state index contributed by atoms with van der Waals surface area (Å²) in [6.45, 7) is 9.52. The maximum absolute atomic E-state index is 5.58. The van der Waals surface area contributed by atoms with E-state index in [2.05, 4.69) is 43.2 Å². The molecule has 1 heterocycles. The van der Waals surface area contributed by atoms with Gasteiger partial charge in [0.15, 0.2) is 0 Å². The summed E-state index contributed by atoms with van der Waals surface area (Å²) in [6.07, 6.45) is 2.85. The minimum Gasteiger partial charge on any atom is -0.425 e. The van der Waals surface area contributed by atoms with E-state index >= 15 is 0 Å². The third kappa shape index (κ3) is 4.75. The van der Waals surface area contributed by atoms with Crippen molar-refractivity contribution >= 4 is 0 Å². The molecule has 0 radical (unpaired) electrons. The highest BCUT2D eigenvalue weighted by atomic mass is 16.4. The van der Waals surface area contributed by atoms with Crippen molar-refractivity contribution in [1.29, 1.82) is 0 Å². The molecule has 0 aliphatic rings. The molecule has 4 heteroatoms. The lowest BCUT2D eigenvalue weighted by atomic mass is 10.1. The molecule has 16 heavy (non-hydrogen) atoms. The fourth-order valence-electron chi connectivity index (χ4n) is 1.38. The van der Waals surface area contributed by atoms with Crippen molar-refractivity contribution in [3.63, 3.8) is 0 Å². The molecule has 1 aromatic heterocycles. The fourth-order valence-corrected chi connectivity index (χ4v) is 1.38. The molecule has 0 spiro atoms. The monoisotopic (exact) mass is 225 g/mol. The Morgan fingerprint density at radius 2 is 1.88 bits per heavy atom. The molecule has 1 N–H and O–H groups in total. The molecular weight excluding hydrogens is 202 g/mol. The Balaban J connectivity index is 2.33. The SMILES string of the molecule is CCC(C)Cc1nnc(CCNC(C)C)o1.